The first-order chi connectivity index (χ1) is 17.4. The molecular weight excluding hydrogens is 502 g/mol. The molecule has 0 bridgehead atoms. The molecule has 2 N–H and O–H groups in total. The second kappa shape index (κ2) is 8.82. The van der Waals surface area contributed by atoms with E-state index in [2.05, 4.69) is 30.6 Å². The quantitative estimate of drug-likeness (QED) is 0.385. The number of hydrogen-bond donors (Lipinski definition) is 2. The van der Waals surface area contributed by atoms with Gasteiger partial charge in [-0.1, -0.05) is 6.92 Å². The van der Waals surface area contributed by atoms with E-state index in [0.717, 1.165) is 22.2 Å². The number of aromatic nitrogens is 4. The number of rotatable bonds is 4. The molecular formula is C24H22ClN7O3S. The molecule has 3 aromatic heterocycles. The highest BCUT2D eigenvalue weighted by atomic mass is 35.5. The van der Waals surface area contributed by atoms with Crippen molar-refractivity contribution >= 4 is 61.6 Å². The summed E-state index contributed by atoms with van der Waals surface area (Å²) in [6.45, 7) is 5.49. The molecule has 1 saturated heterocycles. The lowest BCUT2D eigenvalue weighted by molar-refractivity contribution is -0.131. The van der Waals surface area contributed by atoms with Crippen LogP contribution in [0, 0.1) is 5.92 Å². The van der Waals surface area contributed by atoms with E-state index < -0.39 is 0 Å². The van der Waals surface area contributed by atoms with E-state index in [9.17, 15) is 9.59 Å². The highest BCUT2D eigenvalue weighted by molar-refractivity contribution is 7.21. The number of nitrogens with one attached hydrogen (secondary N) is 2. The van der Waals surface area contributed by atoms with Gasteiger partial charge in [-0.05, 0) is 37.1 Å². The van der Waals surface area contributed by atoms with Gasteiger partial charge in [-0.2, -0.15) is 4.98 Å². The van der Waals surface area contributed by atoms with Crippen LogP contribution in [0.4, 0.5) is 5.69 Å². The van der Waals surface area contributed by atoms with Crippen LogP contribution in [-0.4, -0.2) is 55.8 Å². The summed E-state index contributed by atoms with van der Waals surface area (Å²) in [7, 11) is 0. The first kappa shape index (κ1) is 22.9. The zero-order valence-electron chi connectivity index (χ0n) is 19.5. The van der Waals surface area contributed by atoms with Crippen molar-refractivity contribution in [3.8, 4) is 11.8 Å². The molecule has 0 radical (unpaired) electrons. The lowest BCUT2D eigenvalue weighted by Gasteiger charge is -2.17. The Hall–Kier alpha value is -3.57. The topological polar surface area (TPSA) is 122 Å². The fourth-order valence-electron chi connectivity index (χ4n) is 4.55. The van der Waals surface area contributed by atoms with Crippen molar-refractivity contribution in [3.05, 3.63) is 40.3 Å². The summed E-state index contributed by atoms with van der Waals surface area (Å²) in [6, 6.07) is 3.80. The van der Waals surface area contributed by atoms with E-state index in [4.69, 9.17) is 16.3 Å². The summed E-state index contributed by atoms with van der Waals surface area (Å²) in [4.78, 5) is 45.0. The number of carbonyl (C=O) groups excluding carboxylic acids is 2. The fraction of sp³-hybridized carbons (Fsp3) is 0.333. The standard InChI is InChI=1S/C24H22ClN7O3S/c1-11-5-6-32(23(11)34)10-13-8-28-24(25)31-22(13)35-16-9-27-18-14(30-16)3-4-15-17(18)19-20(36-15)21(33)29-12(2)7-26-19/h3-4,8-9,11-12,26H,5-7,10H2,1-2H3,(H,29,33)/t11-,12-/m1/s1. The minimum atomic E-state index is -0.0937. The van der Waals surface area contributed by atoms with E-state index >= 15 is 0 Å². The molecule has 0 spiro atoms. The molecule has 6 rings (SSSR count). The molecule has 1 fully saturated rings. The van der Waals surface area contributed by atoms with E-state index in [1.54, 1.807) is 11.1 Å². The number of carbonyl (C=O) groups is 2. The highest BCUT2D eigenvalue weighted by Crippen LogP contribution is 2.40. The van der Waals surface area contributed by atoms with Crippen LogP contribution in [0.1, 0.15) is 35.5 Å². The molecule has 2 aliphatic rings. The number of hydrogen-bond acceptors (Lipinski definition) is 9. The Labute approximate surface area is 215 Å². The molecule has 2 atom stereocenters. The van der Waals surface area contributed by atoms with Crippen molar-refractivity contribution in [2.75, 3.05) is 18.4 Å². The van der Waals surface area contributed by atoms with E-state index in [-0.39, 0.29) is 40.8 Å². The molecule has 10 nitrogen and oxygen atoms in total. The van der Waals surface area contributed by atoms with E-state index in [1.807, 2.05) is 26.0 Å². The Morgan fingerprint density at radius 3 is 2.86 bits per heavy atom. The minimum absolute atomic E-state index is 0.00158. The van der Waals surface area contributed by atoms with Crippen molar-refractivity contribution in [3.63, 3.8) is 0 Å². The van der Waals surface area contributed by atoms with Gasteiger partial charge >= 0.3 is 0 Å². The van der Waals surface area contributed by atoms with Crippen molar-refractivity contribution in [2.24, 2.45) is 5.92 Å². The fourth-order valence-corrected chi connectivity index (χ4v) is 5.76. The number of nitrogens with zero attached hydrogens (tertiary/aromatic N) is 5. The van der Waals surface area contributed by atoms with Crippen LogP contribution in [-0.2, 0) is 11.3 Å². The maximum absolute atomic E-state index is 12.7. The zero-order chi connectivity index (χ0) is 25.0. The van der Waals surface area contributed by atoms with Gasteiger partial charge in [0.05, 0.1) is 35.0 Å². The monoisotopic (exact) mass is 523 g/mol. The van der Waals surface area contributed by atoms with Crippen LogP contribution < -0.4 is 15.4 Å². The molecule has 1 aromatic carbocycles. The van der Waals surface area contributed by atoms with Crippen molar-refractivity contribution < 1.29 is 14.3 Å². The molecule has 2 amide bonds. The number of likely N-dealkylation sites (tertiary alicyclic amines) is 1. The third-order valence-electron chi connectivity index (χ3n) is 6.43. The Morgan fingerprint density at radius 1 is 1.19 bits per heavy atom. The number of benzene rings is 1. The van der Waals surface area contributed by atoms with Crippen LogP contribution in [0.5, 0.6) is 11.8 Å². The summed E-state index contributed by atoms with van der Waals surface area (Å²) < 4.78 is 6.95. The number of amides is 2. The molecule has 36 heavy (non-hydrogen) atoms. The number of ether oxygens (including phenoxy) is 1. The van der Waals surface area contributed by atoms with Gasteiger partial charge < -0.3 is 20.3 Å². The second-order valence-corrected chi connectivity index (χ2v) is 10.5. The van der Waals surface area contributed by atoms with Gasteiger partial charge in [0.2, 0.25) is 23.0 Å². The first-order valence-electron chi connectivity index (χ1n) is 11.6. The van der Waals surface area contributed by atoms with Crippen LogP contribution in [0.3, 0.4) is 0 Å². The zero-order valence-corrected chi connectivity index (χ0v) is 21.1. The summed E-state index contributed by atoms with van der Waals surface area (Å²) in [5.41, 5.74) is 2.70. The summed E-state index contributed by atoms with van der Waals surface area (Å²) in [6.07, 6.45) is 3.90. The largest absolute Gasteiger partial charge is 0.418 e. The van der Waals surface area contributed by atoms with Gasteiger partial charge in [-0.15, -0.1) is 11.3 Å². The normalized spacial score (nSPS) is 19.8. The van der Waals surface area contributed by atoms with Crippen LogP contribution in [0.25, 0.3) is 21.1 Å². The molecule has 0 aliphatic carbocycles. The number of halogens is 1. The number of thiophene rings is 1. The van der Waals surface area contributed by atoms with Gasteiger partial charge in [0.1, 0.15) is 4.88 Å². The van der Waals surface area contributed by atoms with Gasteiger partial charge in [-0.3, -0.25) is 9.59 Å². The molecule has 12 heteroatoms. The lowest BCUT2D eigenvalue weighted by Crippen LogP contribution is -2.34. The average Bonchev–Trinajstić information content (AvgIpc) is 3.35. The predicted octanol–water partition coefficient (Wildman–Crippen LogP) is 3.99. The van der Waals surface area contributed by atoms with Crippen LogP contribution in [0.15, 0.2) is 24.5 Å². The molecule has 4 aromatic rings. The number of anilines is 1. The third kappa shape index (κ3) is 3.97. The van der Waals surface area contributed by atoms with E-state index in [1.165, 1.54) is 17.5 Å². The van der Waals surface area contributed by atoms with Crippen LogP contribution >= 0.6 is 22.9 Å². The second-order valence-electron chi connectivity index (χ2n) is 9.10. The van der Waals surface area contributed by atoms with Crippen molar-refractivity contribution in [1.29, 1.82) is 0 Å². The smallest absolute Gasteiger partial charge is 0.263 e. The molecule has 0 unspecified atom stereocenters. The van der Waals surface area contributed by atoms with Crippen molar-refractivity contribution in [2.45, 2.75) is 32.9 Å². The third-order valence-corrected chi connectivity index (χ3v) is 7.77. The SMILES string of the molecule is C[C@@H]1CNc2c(sc3ccc4nc(Oc5nc(Cl)ncc5CN5CC[C@@H](C)C5=O)cnc4c23)C(=O)N1. The first-order valence-corrected chi connectivity index (χ1v) is 12.8. The Balaban J connectivity index is 1.35. The maximum atomic E-state index is 12.7. The Morgan fingerprint density at radius 2 is 2.06 bits per heavy atom. The molecule has 2 aliphatic heterocycles. The predicted molar refractivity (Wildman–Crippen MR) is 137 cm³/mol. The Bertz CT molecular complexity index is 1540. The summed E-state index contributed by atoms with van der Waals surface area (Å²) >= 11 is 7.47. The lowest BCUT2D eigenvalue weighted by atomic mass is 10.1. The maximum Gasteiger partial charge on any atom is 0.263 e. The van der Waals surface area contributed by atoms with Gasteiger partial charge in [0.25, 0.3) is 5.91 Å². The molecule has 0 saturated carbocycles. The number of fused-ring (bicyclic) bond motifs is 5. The van der Waals surface area contributed by atoms with Crippen LogP contribution in [0.2, 0.25) is 5.28 Å². The summed E-state index contributed by atoms with van der Waals surface area (Å²) in [5, 5.41) is 7.28. The summed E-state index contributed by atoms with van der Waals surface area (Å²) in [5.74, 6) is 0.468. The molecule has 5 heterocycles. The minimum Gasteiger partial charge on any atom is -0.418 e. The van der Waals surface area contributed by atoms with Gasteiger partial charge in [0, 0.05) is 41.3 Å². The van der Waals surface area contributed by atoms with E-state index in [0.29, 0.717) is 41.1 Å². The highest BCUT2D eigenvalue weighted by Gasteiger charge is 2.29. The van der Waals surface area contributed by atoms with Crippen molar-refractivity contribution in [1.82, 2.24) is 30.2 Å². The Kier molecular flexibility index (Phi) is 5.60. The average molecular weight is 524 g/mol. The van der Waals surface area contributed by atoms with Gasteiger partial charge in [0.15, 0.2) is 0 Å². The molecule has 184 valence electrons. The van der Waals surface area contributed by atoms with Gasteiger partial charge in [-0.25, -0.2) is 15.0 Å².